The smallest absolute Gasteiger partial charge is 0.490 e. The van der Waals surface area contributed by atoms with E-state index in [1.54, 1.807) is 12.4 Å². The molecule has 0 saturated heterocycles. The van der Waals surface area contributed by atoms with Gasteiger partial charge in [0, 0.05) is 23.2 Å². The average Bonchev–Trinajstić information content (AvgIpc) is 3.74. The van der Waals surface area contributed by atoms with Gasteiger partial charge in [-0.2, -0.15) is 31.4 Å². The number of alkyl halides is 6. The van der Waals surface area contributed by atoms with Gasteiger partial charge in [0.1, 0.15) is 17.3 Å². The molecule has 1 saturated carbocycles. The molecule has 0 bridgehead atoms. The quantitative estimate of drug-likeness (QED) is 0.123. The summed E-state index contributed by atoms with van der Waals surface area (Å²) in [5, 5.41) is 28.1. The second kappa shape index (κ2) is 17.2. The van der Waals surface area contributed by atoms with E-state index < -0.39 is 24.3 Å². The fourth-order valence-corrected chi connectivity index (χ4v) is 4.30. The molecule has 2 aromatic carbocycles. The number of anilines is 2. The predicted molar refractivity (Wildman–Crippen MR) is 166 cm³/mol. The fourth-order valence-electron chi connectivity index (χ4n) is 4.30. The number of rotatable bonds is 9. The van der Waals surface area contributed by atoms with Crippen molar-refractivity contribution >= 4 is 40.3 Å². The van der Waals surface area contributed by atoms with Crippen molar-refractivity contribution in [1.82, 2.24) is 25.5 Å². The number of benzene rings is 2. The number of nitrogens with one attached hydrogen (secondary N) is 3. The van der Waals surface area contributed by atoms with Gasteiger partial charge in [0.2, 0.25) is 0 Å². The lowest BCUT2D eigenvalue weighted by atomic mass is 10.1. The molecule has 0 atom stereocenters. The Hall–Kier alpha value is -5.62. The highest BCUT2D eigenvalue weighted by molar-refractivity contribution is 5.93. The third kappa shape index (κ3) is 12.4. The van der Waals surface area contributed by atoms with Gasteiger partial charge in [0.15, 0.2) is 12.4 Å². The first-order valence-electron chi connectivity index (χ1n) is 14.8. The zero-order chi connectivity index (χ0) is 37.1. The van der Waals surface area contributed by atoms with Crippen LogP contribution in [0.5, 0.6) is 11.5 Å². The van der Waals surface area contributed by atoms with Crippen LogP contribution < -0.4 is 20.1 Å². The topological polar surface area (TPSA) is 189 Å². The van der Waals surface area contributed by atoms with Crippen molar-refractivity contribution in [3.05, 3.63) is 54.9 Å². The summed E-state index contributed by atoms with van der Waals surface area (Å²) in [5.74, 6) is -3.11. The Labute approximate surface area is 280 Å². The number of fused-ring (bicyclic) bond motifs is 1. The highest BCUT2D eigenvalue weighted by atomic mass is 19.4. The number of aliphatic carboxylic acids is 2. The van der Waals surface area contributed by atoms with E-state index >= 15 is 0 Å². The molecule has 2 heterocycles. The number of hydrogen-bond acceptors (Lipinski definition) is 9. The number of nitrogens with zero attached hydrogens (tertiary/aromatic N) is 3. The van der Waals surface area contributed by atoms with Gasteiger partial charge in [-0.25, -0.2) is 19.6 Å². The predicted octanol–water partition coefficient (Wildman–Crippen LogP) is 6.25. The number of carbonyl (C=O) groups is 3. The third-order valence-corrected chi connectivity index (χ3v) is 6.43. The fraction of sp³-hybridized carbons (Fsp3) is 0.355. The molecule has 1 aliphatic rings. The van der Waals surface area contributed by atoms with Crippen LogP contribution in [0, 0.1) is 0 Å². The summed E-state index contributed by atoms with van der Waals surface area (Å²) in [5.41, 5.74) is 2.35. The van der Waals surface area contributed by atoms with Crippen molar-refractivity contribution in [2.45, 2.75) is 64.0 Å². The molecule has 270 valence electrons. The molecule has 50 heavy (non-hydrogen) atoms. The molecule has 0 unspecified atom stereocenters. The second-order valence-electron chi connectivity index (χ2n) is 10.9. The van der Waals surface area contributed by atoms with Crippen LogP contribution in [0.25, 0.3) is 22.3 Å². The van der Waals surface area contributed by atoms with E-state index in [0.29, 0.717) is 17.4 Å². The lowest BCUT2D eigenvalue weighted by molar-refractivity contribution is -0.193. The first kappa shape index (κ1) is 38.8. The second-order valence-corrected chi connectivity index (χ2v) is 10.9. The maximum absolute atomic E-state index is 12.0. The van der Waals surface area contributed by atoms with Crippen molar-refractivity contribution in [3.63, 3.8) is 0 Å². The maximum atomic E-state index is 12.0. The van der Waals surface area contributed by atoms with Crippen LogP contribution in [0.4, 0.5) is 37.8 Å². The highest BCUT2D eigenvalue weighted by Gasteiger charge is 2.38. The molecule has 1 aliphatic carbocycles. The summed E-state index contributed by atoms with van der Waals surface area (Å²) >= 11 is 0. The maximum Gasteiger partial charge on any atom is 0.490 e. The average molecular weight is 715 g/mol. The van der Waals surface area contributed by atoms with E-state index in [0.717, 1.165) is 40.7 Å². The zero-order valence-corrected chi connectivity index (χ0v) is 26.4. The van der Waals surface area contributed by atoms with Gasteiger partial charge in [-0.3, -0.25) is 9.89 Å². The van der Waals surface area contributed by atoms with Gasteiger partial charge >= 0.3 is 24.3 Å². The van der Waals surface area contributed by atoms with Crippen LogP contribution in [0.2, 0.25) is 0 Å². The summed E-state index contributed by atoms with van der Waals surface area (Å²) in [4.78, 5) is 39.4. The van der Waals surface area contributed by atoms with Crippen molar-refractivity contribution in [3.8, 4) is 22.9 Å². The van der Waals surface area contributed by atoms with Crippen molar-refractivity contribution in [2.75, 3.05) is 11.9 Å². The first-order chi connectivity index (χ1) is 23.4. The van der Waals surface area contributed by atoms with Gasteiger partial charge in [0.05, 0.1) is 23.5 Å². The lowest BCUT2D eigenvalue weighted by Gasteiger charge is -2.15. The molecule has 1 fully saturated rings. The minimum Gasteiger partial charge on any atom is -0.490 e. The summed E-state index contributed by atoms with van der Waals surface area (Å²) in [6.45, 7) is 3.76. The van der Waals surface area contributed by atoms with Gasteiger partial charge in [0.25, 0.3) is 5.91 Å². The van der Waals surface area contributed by atoms with Crippen LogP contribution in [0.1, 0.15) is 39.5 Å². The molecule has 19 heteroatoms. The molecule has 0 radical (unpaired) electrons. The Bertz CT molecular complexity index is 1720. The van der Waals surface area contributed by atoms with E-state index in [9.17, 15) is 31.1 Å². The number of carboxylic acid groups (broad SMARTS) is 2. The van der Waals surface area contributed by atoms with E-state index in [2.05, 4.69) is 20.8 Å². The third-order valence-electron chi connectivity index (χ3n) is 6.43. The van der Waals surface area contributed by atoms with E-state index in [-0.39, 0.29) is 24.7 Å². The Morgan fingerprint density at radius 2 is 1.58 bits per heavy atom. The number of carboxylic acids is 2. The van der Waals surface area contributed by atoms with Gasteiger partial charge < -0.3 is 30.3 Å². The molecular weight excluding hydrogens is 682 g/mol. The molecule has 2 aromatic heterocycles. The normalized spacial score (nSPS) is 13.1. The van der Waals surface area contributed by atoms with Crippen LogP contribution in [0.15, 0.2) is 54.9 Å². The summed E-state index contributed by atoms with van der Waals surface area (Å²) < 4.78 is 75.4. The molecule has 13 nitrogen and oxygen atoms in total. The minimum absolute atomic E-state index is 0.0583. The zero-order valence-electron chi connectivity index (χ0n) is 26.4. The monoisotopic (exact) mass is 714 g/mol. The Kier molecular flexibility index (Phi) is 13.3. The number of aromatic nitrogens is 4. The van der Waals surface area contributed by atoms with Crippen LogP contribution in [-0.4, -0.2) is 79.3 Å². The first-order valence-corrected chi connectivity index (χ1v) is 14.8. The standard InChI is InChI=1S/C27H30N6O3.2C2HF3O2/c1-17(2)30-25(34)16-35-21-9-5-6-18(12-21)26-32-24-11-10-22(36-20-7-3-4-8-20)13-23(24)27(33-26)31-19-14-28-29-15-19;2*3-2(4,5)1(6)7/h5-6,9-15,17,20H,3-4,7-8,16H2,1-2H3,(H,28,29)(H,30,34)(H,31,32,33);2*(H,6,7). The Morgan fingerprint density at radius 3 is 2.14 bits per heavy atom. The molecule has 0 aliphatic heterocycles. The van der Waals surface area contributed by atoms with Crippen LogP contribution >= 0.6 is 0 Å². The molecule has 5 N–H and O–H groups in total. The van der Waals surface area contributed by atoms with Gasteiger partial charge in [-0.1, -0.05) is 12.1 Å². The number of aromatic amines is 1. The largest absolute Gasteiger partial charge is 0.490 e. The van der Waals surface area contributed by atoms with E-state index in [4.69, 9.17) is 39.2 Å². The molecule has 5 rings (SSSR count). The van der Waals surface area contributed by atoms with E-state index in [1.807, 2.05) is 56.3 Å². The summed E-state index contributed by atoms with van der Waals surface area (Å²) in [6.07, 6.45) is -1.84. The number of hydrogen-bond donors (Lipinski definition) is 5. The lowest BCUT2D eigenvalue weighted by Crippen LogP contribution is -2.34. The van der Waals surface area contributed by atoms with Gasteiger partial charge in [-0.15, -0.1) is 0 Å². The minimum atomic E-state index is -5.08. The molecule has 1 amide bonds. The Balaban J connectivity index is 0.000000408. The number of H-pyrrole nitrogens is 1. The van der Waals surface area contributed by atoms with Crippen LogP contribution in [0.3, 0.4) is 0 Å². The van der Waals surface area contributed by atoms with Crippen molar-refractivity contribution in [1.29, 1.82) is 0 Å². The molecular formula is C31H32F6N6O7. The SMILES string of the molecule is CC(C)NC(=O)COc1cccc(-c2nc(Nc3cn[nH]c3)c3cc(OC4CCCC4)ccc3n2)c1.O=C(O)C(F)(F)F.O=C(O)C(F)(F)F. The summed E-state index contributed by atoms with van der Waals surface area (Å²) in [7, 11) is 0. The van der Waals surface area contributed by atoms with Crippen molar-refractivity contribution in [2.24, 2.45) is 0 Å². The number of halogens is 6. The number of carbonyl (C=O) groups excluding carboxylic acids is 1. The van der Waals surface area contributed by atoms with Gasteiger partial charge in [-0.05, 0) is 69.9 Å². The summed E-state index contributed by atoms with van der Waals surface area (Å²) in [6, 6.07) is 13.4. The van der Waals surface area contributed by atoms with Crippen molar-refractivity contribution < 1.29 is 60.4 Å². The number of ether oxygens (including phenoxy) is 2. The Morgan fingerprint density at radius 1 is 0.940 bits per heavy atom. The molecule has 4 aromatic rings. The molecule has 0 spiro atoms. The number of amides is 1. The van der Waals surface area contributed by atoms with Crippen LogP contribution in [-0.2, 0) is 14.4 Å². The highest BCUT2D eigenvalue weighted by Crippen LogP contribution is 2.32. The van der Waals surface area contributed by atoms with E-state index in [1.165, 1.54) is 12.8 Å².